The summed E-state index contributed by atoms with van der Waals surface area (Å²) in [5.41, 5.74) is 1.71. The molecule has 2 aromatic carbocycles. The highest BCUT2D eigenvalue weighted by Gasteiger charge is 2.34. The zero-order valence-corrected chi connectivity index (χ0v) is 16.4. The van der Waals surface area contributed by atoms with Gasteiger partial charge in [-0.25, -0.2) is 13.2 Å². The predicted molar refractivity (Wildman–Crippen MR) is 106 cm³/mol. The molecule has 27 heavy (non-hydrogen) atoms. The van der Waals surface area contributed by atoms with Gasteiger partial charge in [0, 0.05) is 25.3 Å². The molecule has 1 unspecified atom stereocenters. The molecular formula is C20H25N3O3S. The van der Waals surface area contributed by atoms with Crippen LogP contribution in [0.15, 0.2) is 59.5 Å². The first-order valence-electron chi connectivity index (χ1n) is 9.06. The number of carbonyl (C=O) groups excluding carboxylic acids is 1. The number of benzene rings is 2. The van der Waals surface area contributed by atoms with Crippen molar-refractivity contribution in [2.45, 2.75) is 36.6 Å². The first-order chi connectivity index (χ1) is 12.9. The Bertz CT molecular complexity index is 878. The second-order valence-corrected chi connectivity index (χ2v) is 8.92. The van der Waals surface area contributed by atoms with Gasteiger partial charge in [-0.15, -0.1) is 0 Å². The molecule has 0 aliphatic heterocycles. The van der Waals surface area contributed by atoms with Crippen molar-refractivity contribution in [3.05, 3.63) is 60.2 Å². The van der Waals surface area contributed by atoms with Gasteiger partial charge in [-0.1, -0.05) is 37.3 Å². The third kappa shape index (κ3) is 4.87. The molecule has 0 aromatic heterocycles. The second-order valence-electron chi connectivity index (χ2n) is 6.92. The molecule has 2 amide bonds. The van der Waals surface area contributed by atoms with Crippen LogP contribution >= 0.6 is 0 Å². The van der Waals surface area contributed by atoms with Crippen molar-refractivity contribution < 1.29 is 13.2 Å². The summed E-state index contributed by atoms with van der Waals surface area (Å²) in [4.78, 5) is 12.3. The summed E-state index contributed by atoms with van der Waals surface area (Å²) < 4.78 is 26.4. The Morgan fingerprint density at radius 2 is 1.74 bits per heavy atom. The van der Waals surface area contributed by atoms with E-state index in [4.69, 9.17) is 0 Å². The van der Waals surface area contributed by atoms with E-state index in [0.29, 0.717) is 12.2 Å². The van der Waals surface area contributed by atoms with Crippen LogP contribution in [0, 0.1) is 0 Å². The lowest BCUT2D eigenvalue weighted by atomic mass is 10.0. The number of nitrogens with zero attached hydrogens (tertiary/aromatic N) is 1. The molecule has 0 saturated heterocycles. The molecule has 1 saturated carbocycles. The van der Waals surface area contributed by atoms with Gasteiger partial charge in [0.15, 0.2) is 0 Å². The first-order valence-corrected chi connectivity index (χ1v) is 10.5. The Hall–Kier alpha value is -2.38. The minimum atomic E-state index is -3.47. The van der Waals surface area contributed by atoms with Crippen molar-refractivity contribution in [3.63, 3.8) is 0 Å². The number of urea groups is 1. The second kappa shape index (κ2) is 8.10. The largest absolute Gasteiger partial charge is 0.337 e. The van der Waals surface area contributed by atoms with Gasteiger partial charge in [-0.2, -0.15) is 4.31 Å². The van der Waals surface area contributed by atoms with Crippen LogP contribution in [0.25, 0.3) is 0 Å². The van der Waals surface area contributed by atoms with Gasteiger partial charge in [0.1, 0.15) is 0 Å². The topological polar surface area (TPSA) is 78.5 Å². The third-order valence-corrected chi connectivity index (χ3v) is 6.71. The molecule has 1 fully saturated rings. The summed E-state index contributed by atoms with van der Waals surface area (Å²) in [6, 6.07) is 16.0. The van der Waals surface area contributed by atoms with E-state index >= 15 is 0 Å². The normalized spacial score (nSPS) is 15.4. The van der Waals surface area contributed by atoms with E-state index in [2.05, 4.69) is 10.6 Å². The van der Waals surface area contributed by atoms with E-state index in [1.54, 1.807) is 19.2 Å². The monoisotopic (exact) mass is 387 g/mol. The van der Waals surface area contributed by atoms with Crippen molar-refractivity contribution in [1.29, 1.82) is 0 Å². The van der Waals surface area contributed by atoms with Crippen LogP contribution in [0.2, 0.25) is 0 Å². The van der Waals surface area contributed by atoms with Crippen LogP contribution in [-0.4, -0.2) is 38.4 Å². The van der Waals surface area contributed by atoms with Gasteiger partial charge in [-0.3, -0.25) is 0 Å². The Morgan fingerprint density at radius 3 is 2.33 bits per heavy atom. The molecule has 3 rings (SSSR count). The Morgan fingerprint density at radius 1 is 1.11 bits per heavy atom. The lowest BCUT2D eigenvalue weighted by molar-refractivity contribution is 0.251. The number of carbonyl (C=O) groups is 1. The van der Waals surface area contributed by atoms with Gasteiger partial charge in [-0.05, 0) is 48.6 Å². The average Bonchev–Trinajstić information content (AvgIpc) is 3.52. The van der Waals surface area contributed by atoms with Crippen molar-refractivity contribution in [2.75, 3.05) is 18.9 Å². The van der Waals surface area contributed by atoms with Gasteiger partial charge in [0.05, 0.1) is 4.90 Å². The smallest absolute Gasteiger partial charge is 0.319 e. The lowest BCUT2D eigenvalue weighted by Crippen LogP contribution is -2.31. The SMILES string of the molecule is CC(CNC(=O)Nc1ccc(S(=O)(=O)N(C)C2CC2)cc1)c1ccccc1. The Balaban J connectivity index is 1.54. The van der Waals surface area contributed by atoms with Crippen LogP contribution in [0.1, 0.15) is 31.2 Å². The lowest BCUT2D eigenvalue weighted by Gasteiger charge is -2.17. The molecule has 1 atom stereocenters. The number of sulfonamides is 1. The maximum absolute atomic E-state index is 12.5. The highest BCUT2D eigenvalue weighted by molar-refractivity contribution is 7.89. The molecule has 2 N–H and O–H groups in total. The zero-order chi connectivity index (χ0) is 19.4. The van der Waals surface area contributed by atoms with E-state index in [0.717, 1.165) is 18.4 Å². The van der Waals surface area contributed by atoms with Gasteiger partial charge in [0.25, 0.3) is 0 Å². The predicted octanol–water partition coefficient (Wildman–Crippen LogP) is 3.39. The summed E-state index contributed by atoms with van der Waals surface area (Å²) in [5, 5.41) is 5.57. The van der Waals surface area contributed by atoms with Gasteiger partial charge < -0.3 is 10.6 Å². The fraction of sp³-hybridized carbons (Fsp3) is 0.350. The van der Waals surface area contributed by atoms with E-state index in [9.17, 15) is 13.2 Å². The Kier molecular flexibility index (Phi) is 5.82. The first kappa shape index (κ1) is 19.4. The van der Waals surface area contributed by atoms with Crippen molar-refractivity contribution in [3.8, 4) is 0 Å². The fourth-order valence-electron chi connectivity index (χ4n) is 2.83. The van der Waals surface area contributed by atoms with Crippen molar-refractivity contribution in [2.24, 2.45) is 0 Å². The van der Waals surface area contributed by atoms with Crippen LogP contribution in [0.4, 0.5) is 10.5 Å². The molecular weight excluding hydrogens is 362 g/mol. The fourth-order valence-corrected chi connectivity index (χ4v) is 4.25. The minimum absolute atomic E-state index is 0.116. The highest BCUT2D eigenvalue weighted by atomic mass is 32.2. The summed E-state index contributed by atoms with van der Waals surface area (Å²) >= 11 is 0. The van der Waals surface area contributed by atoms with Gasteiger partial charge >= 0.3 is 6.03 Å². The summed E-state index contributed by atoms with van der Waals surface area (Å²) in [5.74, 6) is 0.197. The number of rotatable bonds is 7. The van der Waals surface area contributed by atoms with Crippen molar-refractivity contribution >= 4 is 21.7 Å². The highest BCUT2D eigenvalue weighted by Crippen LogP contribution is 2.30. The molecule has 7 heteroatoms. The molecule has 0 heterocycles. The van der Waals surface area contributed by atoms with Crippen LogP contribution in [0.3, 0.4) is 0 Å². The third-order valence-electron chi connectivity index (χ3n) is 4.79. The molecule has 144 valence electrons. The van der Waals surface area contributed by atoms with E-state index in [1.807, 2.05) is 37.3 Å². The molecule has 0 radical (unpaired) electrons. The number of nitrogens with one attached hydrogen (secondary N) is 2. The number of anilines is 1. The zero-order valence-electron chi connectivity index (χ0n) is 15.6. The number of hydrogen-bond acceptors (Lipinski definition) is 3. The van der Waals surface area contributed by atoms with Crippen molar-refractivity contribution in [1.82, 2.24) is 9.62 Å². The molecule has 1 aliphatic rings. The molecule has 1 aliphatic carbocycles. The molecule has 0 bridgehead atoms. The average molecular weight is 388 g/mol. The summed E-state index contributed by atoms with van der Waals surface area (Å²) in [6.07, 6.45) is 1.83. The van der Waals surface area contributed by atoms with Gasteiger partial charge in [0.2, 0.25) is 10.0 Å². The summed E-state index contributed by atoms with van der Waals surface area (Å²) in [6.45, 7) is 2.56. The summed E-state index contributed by atoms with van der Waals surface area (Å²) in [7, 11) is -1.86. The maximum atomic E-state index is 12.5. The quantitative estimate of drug-likeness (QED) is 0.764. The molecule has 6 nitrogen and oxygen atoms in total. The van der Waals surface area contributed by atoms with Crippen LogP contribution in [-0.2, 0) is 10.0 Å². The minimum Gasteiger partial charge on any atom is -0.337 e. The number of hydrogen-bond donors (Lipinski definition) is 2. The molecule has 2 aromatic rings. The van der Waals surface area contributed by atoms with Crippen LogP contribution in [0.5, 0.6) is 0 Å². The van der Waals surface area contributed by atoms with Crippen LogP contribution < -0.4 is 10.6 Å². The standard InChI is InChI=1S/C20H25N3O3S/c1-15(16-6-4-3-5-7-16)14-21-20(24)22-17-8-12-19(13-9-17)27(25,26)23(2)18-10-11-18/h3-9,12-13,15,18H,10-11,14H2,1-2H3,(H2,21,22,24). The molecule has 0 spiro atoms. The Labute approximate surface area is 160 Å². The number of amides is 2. The van der Waals surface area contributed by atoms with E-state index < -0.39 is 10.0 Å². The van der Waals surface area contributed by atoms with E-state index in [1.165, 1.54) is 16.4 Å². The maximum Gasteiger partial charge on any atom is 0.319 e. The van der Waals surface area contributed by atoms with E-state index in [-0.39, 0.29) is 22.9 Å².